The van der Waals surface area contributed by atoms with Crippen molar-refractivity contribution >= 4 is 17.3 Å². The second-order valence-corrected chi connectivity index (χ2v) is 7.53. The highest BCUT2D eigenvalue weighted by atomic mass is 16.6. The third-order valence-corrected chi connectivity index (χ3v) is 5.77. The zero-order chi connectivity index (χ0) is 16.0. The Morgan fingerprint density at radius 1 is 1.17 bits per heavy atom. The van der Waals surface area contributed by atoms with Crippen LogP contribution in [0.1, 0.15) is 45.4 Å². The number of aromatic nitrogens is 2. The van der Waals surface area contributed by atoms with Gasteiger partial charge in [-0.15, -0.1) is 0 Å². The minimum Gasteiger partial charge on any atom is -0.364 e. The van der Waals surface area contributed by atoms with Gasteiger partial charge in [-0.2, -0.15) is 0 Å². The Morgan fingerprint density at radius 2 is 1.74 bits per heavy atom. The van der Waals surface area contributed by atoms with Crippen molar-refractivity contribution < 1.29 is 4.92 Å². The van der Waals surface area contributed by atoms with Crippen LogP contribution in [0.3, 0.4) is 0 Å². The molecular formula is C16H23N5O2. The van der Waals surface area contributed by atoms with E-state index < -0.39 is 0 Å². The number of hydrogen-bond donors (Lipinski definition) is 2. The predicted octanol–water partition coefficient (Wildman–Crippen LogP) is 3.20. The lowest BCUT2D eigenvalue weighted by atomic mass is 9.53. The average Bonchev–Trinajstić information content (AvgIpc) is 2.45. The average molecular weight is 317 g/mol. The van der Waals surface area contributed by atoms with E-state index in [2.05, 4.69) is 20.6 Å². The van der Waals surface area contributed by atoms with Crippen LogP contribution in [0, 0.1) is 27.9 Å². The number of nitrogens with one attached hydrogen (secondary N) is 2. The van der Waals surface area contributed by atoms with Crippen molar-refractivity contribution in [2.24, 2.45) is 17.8 Å². The standard InChI is InChI=1S/C16H23N5O2/c1-2-17-14-13(21(22)23)15(19-9-18-14)20-16-6-10-3-11(7-16)5-12(4-10)8-16/h9-12H,2-8H2,1H3,(H2,17,18,19,20). The fourth-order valence-electron chi connectivity index (χ4n) is 5.45. The van der Waals surface area contributed by atoms with E-state index in [4.69, 9.17) is 0 Å². The maximum absolute atomic E-state index is 11.5. The quantitative estimate of drug-likeness (QED) is 0.640. The molecule has 23 heavy (non-hydrogen) atoms. The lowest BCUT2D eigenvalue weighted by Crippen LogP contribution is -2.55. The summed E-state index contributed by atoms with van der Waals surface area (Å²) in [4.78, 5) is 19.4. The van der Waals surface area contributed by atoms with Crippen molar-refractivity contribution in [1.82, 2.24) is 9.97 Å². The molecular weight excluding hydrogens is 294 g/mol. The fourth-order valence-corrected chi connectivity index (χ4v) is 5.45. The summed E-state index contributed by atoms with van der Waals surface area (Å²) in [6.07, 6.45) is 8.80. The van der Waals surface area contributed by atoms with E-state index in [1.54, 1.807) is 0 Å². The topological polar surface area (TPSA) is 93.0 Å². The highest BCUT2D eigenvalue weighted by molar-refractivity contribution is 5.70. The third-order valence-electron chi connectivity index (χ3n) is 5.77. The largest absolute Gasteiger partial charge is 0.364 e. The van der Waals surface area contributed by atoms with Gasteiger partial charge < -0.3 is 10.6 Å². The molecule has 7 heteroatoms. The Morgan fingerprint density at radius 3 is 2.26 bits per heavy atom. The van der Waals surface area contributed by atoms with Crippen molar-refractivity contribution in [1.29, 1.82) is 0 Å². The molecule has 4 fully saturated rings. The summed E-state index contributed by atoms with van der Waals surface area (Å²) < 4.78 is 0. The SMILES string of the molecule is CCNc1ncnc(NC23CC4CC(CC(C4)C2)C3)c1[N+](=O)[O-]. The number of rotatable bonds is 5. The molecule has 2 N–H and O–H groups in total. The van der Waals surface area contributed by atoms with Gasteiger partial charge >= 0.3 is 5.69 Å². The first kappa shape index (κ1) is 14.7. The zero-order valence-electron chi connectivity index (χ0n) is 13.4. The van der Waals surface area contributed by atoms with Crippen LogP contribution in [0.2, 0.25) is 0 Å². The molecule has 0 radical (unpaired) electrons. The minimum atomic E-state index is -0.374. The van der Waals surface area contributed by atoms with Crippen LogP contribution in [-0.4, -0.2) is 27.0 Å². The van der Waals surface area contributed by atoms with Crippen molar-refractivity contribution in [3.63, 3.8) is 0 Å². The van der Waals surface area contributed by atoms with Gasteiger partial charge in [0.25, 0.3) is 0 Å². The maximum Gasteiger partial charge on any atom is 0.353 e. The molecule has 1 aromatic rings. The second-order valence-electron chi connectivity index (χ2n) is 7.53. The molecule has 0 unspecified atom stereocenters. The number of anilines is 2. The van der Waals surface area contributed by atoms with Crippen LogP contribution in [-0.2, 0) is 0 Å². The Hall–Kier alpha value is -1.92. The summed E-state index contributed by atoms with van der Waals surface area (Å²) in [5, 5.41) is 18.0. The number of nitro groups is 1. The van der Waals surface area contributed by atoms with Crippen molar-refractivity contribution in [2.45, 2.75) is 51.0 Å². The molecule has 4 saturated carbocycles. The number of nitrogens with zero attached hydrogens (tertiary/aromatic N) is 3. The van der Waals surface area contributed by atoms with E-state index in [0.29, 0.717) is 18.2 Å². The van der Waals surface area contributed by atoms with Gasteiger partial charge in [0.15, 0.2) is 0 Å². The van der Waals surface area contributed by atoms with Crippen molar-refractivity contribution in [3.05, 3.63) is 16.4 Å². The van der Waals surface area contributed by atoms with E-state index in [0.717, 1.165) is 37.0 Å². The van der Waals surface area contributed by atoms with Gasteiger partial charge in [0.1, 0.15) is 6.33 Å². The van der Waals surface area contributed by atoms with Crippen LogP contribution in [0.25, 0.3) is 0 Å². The molecule has 5 rings (SSSR count). The van der Waals surface area contributed by atoms with Crippen LogP contribution in [0.5, 0.6) is 0 Å². The molecule has 4 aliphatic rings. The van der Waals surface area contributed by atoms with E-state index in [-0.39, 0.29) is 16.1 Å². The highest BCUT2D eigenvalue weighted by Crippen LogP contribution is 2.56. The van der Waals surface area contributed by atoms with Crippen LogP contribution >= 0.6 is 0 Å². The summed E-state index contributed by atoms with van der Waals surface area (Å²) in [5.74, 6) is 3.02. The number of hydrogen-bond acceptors (Lipinski definition) is 6. The molecule has 0 atom stereocenters. The molecule has 4 aliphatic carbocycles. The summed E-state index contributed by atoms with van der Waals surface area (Å²) in [5.41, 5.74) is -0.0257. The first-order valence-electron chi connectivity index (χ1n) is 8.60. The molecule has 0 aromatic carbocycles. The summed E-state index contributed by atoms with van der Waals surface area (Å²) >= 11 is 0. The van der Waals surface area contributed by atoms with Gasteiger partial charge in [-0.05, 0) is 63.2 Å². The van der Waals surface area contributed by atoms with Crippen molar-refractivity contribution in [3.8, 4) is 0 Å². The Bertz CT molecular complexity index is 598. The van der Waals surface area contributed by atoms with Crippen LogP contribution in [0.15, 0.2) is 6.33 Å². The molecule has 0 aliphatic heterocycles. The normalized spacial score (nSPS) is 34.4. The fraction of sp³-hybridized carbons (Fsp3) is 0.750. The Kier molecular flexibility index (Phi) is 3.39. The molecule has 1 aromatic heterocycles. The monoisotopic (exact) mass is 317 g/mol. The molecule has 0 amide bonds. The molecule has 4 bridgehead atoms. The molecule has 0 spiro atoms. The zero-order valence-corrected chi connectivity index (χ0v) is 13.4. The first-order valence-corrected chi connectivity index (χ1v) is 8.60. The lowest BCUT2D eigenvalue weighted by molar-refractivity contribution is -0.383. The van der Waals surface area contributed by atoms with Gasteiger partial charge in [0.2, 0.25) is 11.6 Å². The summed E-state index contributed by atoms with van der Waals surface area (Å²) in [6.45, 7) is 2.49. The van der Waals surface area contributed by atoms with E-state index in [9.17, 15) is 10.1 Å². The molecule has 1 heterocycles. The van der Waals surface area contributed by atoms with E-state index in [1.165, 1.54) is 25.6 Å². The van der Waals surface area contributed by atoms with E-state index in [1.807, 2.05) is 6.92 Å². The van der Waals surface area contributed by atoms with Crippen molar-refractivity contribution in [2.75, 3.05) is 17.2 Å². The molecule has 124 valence electrons. The van der Waals surface area contributed by atoms with Crippen LogP contribution < -0.4 is 10.6 Å². The predicted molar refractivity (Wildman–Crippen MR) is 87.4 cm³/mol. The third kappa shape index (κ3) is 2.52. The molecule has 7 nitrogen and oxygen atoms in total. The summed E-state index contributed by atoms with van der Waals surface area (Å²) in [6, 6.07) is 0. The van der Waals surface area contributed by atoms with Gasteiger partial charge in [-0.25, -0.2) is 9.97 Å². The van der Waals surface area contributed by atoms with Gasteiger partial charge in [-0.1, -0.05) is 0 Å². The van der Waals surface area contributed by atoms with Gasteiger partial charge in [-0.3, -0.25) is 10.1 Å². The Labute approximate surface area is 135 Å². The highest BCUT2D eigenvalue weighted by Gasteiger charge is 2.51. The van der Waals surface area contributed by atoms with E-state index >= 15 is 0 Å². The second kappa shape index (κ2) is 5.32. The van der Waals surface area contributed by atoms with Crippen LogP contribution in [0.4, 0.5) is 17.3 Å². The Balaban J connectivity index is 1.66. The maximum atomic E-state index is 11.5. The lowest BCUT2D eigenvalue weighted by Gasteiger charge is -2.57. The van der Waals surface area contributed by atoms with Gasteiger partial charge in [0.05, 0.1) is 4.92 Å². The first-order chi connectivity index (χ1) is 11.1. The minimum absolute atomic E-state index is 0.00263. The smallest absolute Gasteiger partial charge is 0.353 e. The summed E-state index contributed by atoms with van der Waals surface area (Å²) in [7, 11) is 0. The van der Waals surface area contributed by atoms with Gasteiger partial charge in [0, 0.05) is 12.1 Å². The molecule has 0 saturated heterocycles.